The molecule has 0 aliphatic carbocycles. The molecule has 0 bridgehead atoms. The van der Waals surface area contributed by atoms with Gasteiger partial charge in [0.05, 0.1) is 0 Å². The highest BCUT2D eigenvalue weighted by Crippen LogP contribution is 2.29. The van der Waals surface area contributed by atoms with E-state index in [0.717, 1.165) is 35.3 Å². The van der Waals surface area contributed by atoms with Crippen LogP contribution in [0.2, 0.25) is 5.02 Å². The summed E-state index contributed by atoms with van der Waals surface area (Å²) in [5.41, 5.74) is 2.50. The van der Waals surface area contributed by atoms with Crippen LogP contribution in [0.3, 0.4) is 0 Å². The van der Waals surface area contributed by atoms with Crippen molar-refractivity contribution in [2.45, 2.75) is 39.2 Å². The summed E-state index contributed by atoms with van der Waals surface area (Å²) < 4.78 is 1.07. The van der Waals surface area contributed by atoms with E-state index in [4.69, 9.17) is 11.6 Å². The van der Waals surface area contributed by atoms with E-state index < -0.39 is 0 Å². The molecule has 0 saturated heterocycles. The highest BCUT2D eigenvalue weighted by molar-refractivity contribution is 9.10. The first-order valence-electron chi connectivity index (χ1n) is 6.37. The number of allylic oxidation sites excluding steroid dienone is 1. The van der Waals surface area contributed by atoms with Crippen LogP contribution in [0.25, 0.3) is 0 Å². The fourth-order valence-corrected chi connectivity index (χ4v) is 2.82. The van der Waals surface area contributed by atoms with Crippen molar-refractivity contribution >= 4 is 27.5 Å². The van der Waals surface area contributed by atoms with Gasteiger partial charge in [-0.05, 0) is 50.4 Å². The Morgan fingerprint density at radius 2 is 2.22 bits per heavy atom. The molecule has 0 fully saturated rings. The van der Waals surface area contributed by atoms with E-state index >= 15 is 0 Å². The summed E-state index contributed by atoms with van der Waals surface area (Å²) >= 11 is 9.59. The Hall–Kier alpha value is -0.310. The molecule has 1 unspecified atom stereocenters. The molecule has 1 aromatic rings. The molecule has 0 aliphatic rings. The largest absolute Gasteiger partial charge is 0.310 e. The molecule has 18 heavy (non-hydrogen) atoms. The van der Waals surface area contributed by atoms with Gasteiger partial charge in [-0.15, -0.1) is 6.58 Å². The van der Waals surface area contributed by atoms with Crippen LogP contribution in [0.15, 0.2) is 34.8 Å². The number of halogens is 2. The van der Waals surface area contributed by atoms with Crippen LogP contribution in [0.5, 0.6) is 0 Å². The first kappa shape index (κ1) is 15.7. The molecular weight excluding hydrogens is 310 g/mol. The van der Waals surface area contributed by atoms with Crippen LogP contribution in [0.1, 0.15) is 44.7 Å². The van der Waals surface area contributed by atoms with Gasteiger partial charge in [-0.1, -0.05) is 46.1 Å². The highest BCUT2D eigenvalue weighted by atomic mass is 79.9. The number of rotatable bonds is 7. The zero-order chi connectivity index (χ0) is 13.5. The second-order valence-electron chi connectivity index (χ2n) is 4.67. The lowest BCUT2D eigenvalue weighted by Crippen LogP contribution is -2.22. The van der Waals surface area contributed by atoms with Gasteiger partial charge in [-0.25, -0.2) is 0 Å². The number of nitrogens with one attached hydrogen (secondary N) is 1. The lowest BCUT2D eigenvalue weighted by molar-refractivity contribution is 0.497. The van der Waals surface area contributed by atoms with Gasteiger partial charge in [-0.3, -0.25) is 0 Å². The normalized spacial score (nSPS) is 12.4. The predicted octanol–water partition coefficient (Wildman–Crippen LogP) is 5.50. The molecule has 0 aliphatic heterocycles. The van der Waals surface area contributed by atoms with Crippen molar-refractivity contribution in [2.24, 2.45) is 0 Å². The predicted molar refractivity (Wildman–Crippen MR) is 84.2 cm³/mol. The van der Waals surface area contributed by atoms with Crippen molar-refractivity contribution in [3.63, 3.8) is 0 Å². The third-order valence-corrected chi connectivity index (χ3v) is 3.76. The quantitative estimate of drug-likeness (QED) is 0.651. The zero-order valence-electron chi connectivity index (χ0n) is 11.1. The fourth-order valence-electron chi connectivity index (χ4n) is 1.86. The minimum atomic E-state index is 0.355. The van der Waals surface area contributed by atoms with Crippen molar-refractivity contribution < 1.29 is 0 Å². The smallest absolute Gasteiger partial charge is 0.0417 e. The molecule has 1 rings (SSSR count). The monoisotopic (exact) mass is 329 g/mol. The van der Waals surface area contributed by atoms with Crippen LogP contribution in [0.4, 0.5) is 0 Å². The van der Waals surface area contributed by atoms with Crippen LogP contribution in [-0.2, 0) is 0 Å². The van der Waals surface area contributed by atoms with Crippen LogP contribution in [0, 0.1) is 0 Å². The summed E-state index contributed by atoms with van der Waals surface area (Å²) in [6.45, 7) is 9.26. The summed E-state index contributed by atoms with van der Waals surface area (Å²) in [5.74, 6) is 0. The van der Waals surface area contributed by atoms with Crippen molar-refractivity contribution in [2.75, 3.05) is 6.54 Å². The van der Waals surface area contributed by atoms with Crippen molar-refractivity contribution in [3.05, 3.63) is 45.4 Å². The molecule has 0 heterocycles. The zero-order valence-corrected chi connectivity index (χ0v) is 13.4. The maximum absolute atomic E-state index is 5.99. The molecule has 100 valence electrons. The maximum atomic E-state index is 5.99. The Bertz CT molecular complexity index is 403. The first-order valence-corrected chi connectivity index (χ1v) is 7.54. The summed E-state index contributed by atoms with van der Waals surface area (Å²) in [5, 5.41) is 4.35. The van der Waals surface area contributed by atoms with Crippen LogP contribution in [-0.4, -0.2) is 6.54 Å². The number of hydrogen-bond donors (Lipinski definition) is 1. The molecule has 1 nitrogen and oxygen atoms in total. The summed E-state index contributed by atoms with van der Waals surface area (Å²) in [6, 6.07) is 6.35. The van der Waals surface area contributed by atoms with Gasteiger partial charge in [0.25, 0.3) is 0 Å². The van der Waals surface area contributed by atoms with E-state index in [2.05, 4.69) is 47.7 Å². The minimum absolute atomic E-state index is 0.355. The Labute approximate surface area is 124 Å². The van der Waals surface area contributed by atoms with E-state index in [0.29, 0.717) is 6.04 Å². The third kappa shape index (κ3) is 5.13. The Morgan fingerprint density at radius 1 is 1.50 bits per heavy atom. The summed E-state index contributed by atoms with van der Waals surface area (Å²) in [7, 11) is 0. The summed E-state index contributed by atoms with van der Waals surface area (Å²) in [6.07, 6.45) is 3.24. The molecule has 0 saturated carbocycles. The Kier molecular flexibility index (Phi) is 6.98. The van der Waals surface area contributed by atoms with E-state index in [1.807, 2.05) is 12.1 Å². The molecule has 0 radical (unpaired) electrons. The van der Waals surface area contributed by atoms with Gasteiger partial charge in [0, 0.05) is 15.5 Å². The van der Waals surface area contributed by atoms with Crippen molar-refractivity contribution in [3.8, 4) is 0 Å². The molecular formula is C15H21BrClN. The molecule has 0 spiro atoms. The Balaban J connectivity index is 2.82. The van der Waals surface area contributed by atoms with Crippen LogP contribution >= 0.6 is 27.5 Å². The molecule has 1 N–H and O–H groups in total. The van der Waals surface area contributed by atoms with Crippen molar-refractivity contribution in [1.29, 1.82) is 0 Å². The average molecular weight is 331 g/mol. The number of benzene rings is 1. The third-order valence-electron chi connectivity index (χ3n) is 2.84. The fraction of sp³-hybridized carbons (Fsp3) is 0.467. The van der Waals surface area contributed by atoms with E-state index in [1.165, 1.54) is 11.1 Å². The summed E-state index contributed by atoms with van der Waals surface area (Å²) in [4.78, 5) is 0. The van der Waals surface area contributed by atoms with Gasteiger partial charge in [0.15, 0.2) is 0 Å². The standard InChI is InChI=1S/C15H21BrClN/c1-4-9-18-15(8-5-11(2)3)13-7-6-12(17)10-14(13)16/h6-7,10,15,18H,2,4-5,8-9H2,1,3H3. The molecule has 0 aromatic heterocycles. The molecule has 0 amide bonds. The minimum Gasteiger partial charge on any atom is -0.310 e. The van der Waals surface area contributed by atoms with Gasteiger partial charge >= 0.3 is 0 Å². The second-order valence-corrected chi connectivity index (χ2v) is 5.96. The van der Waals surface area contributed by atoms with Gasteiger partial charge in [-0.2, -0.15) is 0 Å². The van der Waals surface area contributed by atoms with Crippen molar-refractivity contribution in [1.82, 2.24) is 5.32 Å². The van der Waals surface area contributed by atoms with Gasteiger partial charge < -0.3 is 5.32 Å². The highest BCUT2D eigenvalue weighted by Gasteiger charge is 2.13. The van der Waals surface area contributed by atoms with E-state index in [1.54, 1.807) is 0 Å². The average Bonchev–Trinajstić information content (AvgIpc) is 2.30. The second kappa shape index (κ2) is 7.98. The van der Waals surface area contributed by atoms with Crippen LogP contribution < -0.4 is 5.32 Å². The van der Waals surface area contributed by atoms with Gasteiger partial charge in [0.2, 0.25) is 0 Å². The van der Waals surface area contributed by atoms with E-state index in [-0.39, 0.29) is 0 Å². The molecule has 1 aromatic carbocycles. The molecule has 3 heteroatoms. The lowest BCUT2D eigenvalue weighted by Gasteiger charge is -2.20. The first-order chi connectivity index (χ1) is 8.54. The topological polar surface area (TPSA) is 12.0 Å². The molecule has 1 atom stereocenters. The SMILES string of the molecule is C=C(C)CCC(NCCC)c1ccc(Cl)cc1Br. The Morgan fingerprint density at radius 3 is 2.78 bits per heavy atom. The van der Waals surface area contributed by atoms with E-state index in [9.17, 15) is 0 Å². The number of hydrogen-bond acceptors (Lipinski definition) is 1. The lowest BCUT2D eigenvalue weighted by atomic mass is 10.00. The van der Waals surface area contributed by atoms with Gasteiger partial charge in [0.1, 0.15) is 0 Å². The maximum Gasteiger partial charge on any atom is 0.0417 e.